The molecule has 0 bridgehead atoms. The van der Waals surface area contributed by atoms with Gasteiger partial charge in [-0.1, -0.05) is 0 Å². The number of halogens is 1. The van der Waals surface area contributed by atoms with E-state index in [0.717, 1.165) is 12.1 Å². The molecular weight excluding hydrogens is 227 g/mol. The molecule has 0 aliphatic carbocycles. The Balaban J connectivity index is 2.66. The van der Waals surface area contributed by atoms with Crippen LogP contribution in [0.1, 0.15) is 17.3 Å². The van der Waals surface area contributed by atoms with Crippen molar-refractivity contribution >= 4 is 17.0 Å². The number of carbonyl (C=O) groups is 1. The van der Waals surface area contributed by atoms with Gasteiger partial charge in [0.25, 0.3) is 5.56 Å². The van der Waals surface area contributed by atoms with E-state index in [4.69, 9.17) is 4.74 Å². The molecule has 2 aromatic heterocycles. The van der Waals surface area contributed by atoms with Gasteiger partial charge in [-0.15, -0.1) is 0 Å². The third-order valence-electron chi connectivity index (χ3n) is 2.20. The second kappa shape index (κ2) is 4.32. The molecule has 0 unspecified atom stereocenters. The summed E-state index contributed by atoms with van der Waals surface area (Å²) in [4.78, 5) is 29.1. The van der Waals surface area contributed by atoms with Crippen LogP contribution in [-0.2, 0) is 4.74 Å². The molecule has 88 valence electrons. The molecule has 0 radical (unpaired) electrons. The number of aromatic amines is 1. The van der Waals surface area contributed by atoms with Gasteiger partial charge >= 0.3 is 5.97 Å². The molecule has 2 aromatic rings. The number of hydrogen-bond donors (Lipinski definition) is 1. The summed E-state index contributed by atoms with van der Waals surface area (Å²) >= 11 is 0. The Morgan fingerprint density at radius 1 is 1.59 bits per heavy atom. The van der Waals surface area contributed by atoms with Crippen molar-refractivity contribution in [2.75, 3.05) is 6.61 Å². The topological polar surface area (TPSA) is 72.0 Å². The number of esters is 1. The highest BCUT2D eigenvalue weighted by Crippen LogP contribution is 2.13. The lowest BCUT2D eigenvalue weighted by molar-refractivity contribution is 0.0524. The van der Waals surface area contributed by atoms with Crippen molar-refractivity contribution in [1.29, 1.82) is 0 Å². The monoisotopic (exact) mass is 236 g/mol. The normalized spacial score (nSPS) is 10.5. The number of H-pyrrole nitrogens is 1. The first-order valence-corrected chi connectivity index (χ1v) is 4.98. The van der Waals surface area contributed by atoms with Crippen LogP contribution in [0.15, 0.2) is 23.1 Å². The fourth-order valence-electron chi connectivity index (χ4n) is 1.43. The highest BCUT2D eigenvalue weighted by atomic mass is 19.1. The number of nitrogens with zero attached hydrogens (tertiary/aromatic N) is 1. The van der Waals surface area contributed by atoms with Gasteiger partial charge in [0.15, 0.2) is 0 Å². The van der Waals surface area contributed by atoms with Crippen LogP contribution >= 0.6 is 0 Å². The molecule has 5 nitrogen and oxygen atoms in total. The number of rotatable bonds is 2. The Morgan fingerprint density at radius 3 is 3.06 bits per heavy atom. The van der Waals surface area contributed by atoms with Crippen LogP contribution in [-0.4, -0.2) is 22.5 Å². The maximum absolute atomic E-state index is 13.4. The third kappa shape index (κ3) is 2.01. The van der Waals surface area contributed by atoms with Gasteiger partial charge < -0.3 is 9.72 Å². The first-order chi connectivity index (χ1) is 8.13. The predicted molar refractivity (Wildman–Crippen MR) is 58.3 cm³/mol. The second-order valence-corrected chi connectivity index (χ2v) is 3.29. The zero-order chi connectivity index (χ0) is 12.4. The van der Waals surface area contributed by atoms with E-state index in [2.05, 4.69) is 9.97 Å². The summed E-state index contributed by atoms with van der Waals surface area (Å²) in [6.07, 6.45) is 1.23. The summed E-state index contributed by atoms with van der Waals surface area (Å²) in [7, 11) is 0. The smallest absolute Gasteiger partial charge is 0.343 e. The lowest BCUT2D eigenvalue weighted by Crippen LogP contribution is -2.20. The summed E-state index contributed by atoms with van der Waals surface area (Å²) in [5, 5.41) is 0.0788. The summed E-state index contributed by atoms with van der Waals surface area (Å²) < 4.78 is 18.1. The Kier molecular flexibility index (Phi) is 2.86. The minimum absolute atomic E-state index is 0.0788. The number of aromatic nitrogens is 2. The van der Waals surface area contributed by atoms with Gasteiger partial charge in [0, 0.05) is 6.20 Å². The third-order valence-corrected chi connectivity index (χ3v) is 2.20. The molecule has 0 amide bonds. The van der Waals surface area contributed by atoms with E-state index < -0.39 is 17.3 Å². The SMILES string of the molecule is CCOC(=O)c1cc2c(F)ccnc2[nH]c1=O. The molecule has 6 heteroatoms. The molecule has 2 rings (SSSR count). The molecule has 1 N–H and O–H groups in total. The van der Waals surface area contributed by atoms with Gasteiger partial charge in [0.2, 0.25) is 0 Å². The number of hydrogen-bond acceptors (Lipinski definition) is 4. The Labute approximate surface area is 95.2 Å². The van der Waals surface area contributed by atoms with E-state index in [1.54, 1.807) is 6.92 Å². The minimum atomic E-state index is -0.779. The van der Waals surface area contributed by atoms with E-state index in [9.17, 15) is 14.0 Å². The van der Waals surface area contributed by atoms with Crippen LogP contribution in [0.5, 0.6) is 0 Å². The van der Waals surface area contributed by atoms with E-state index in [1.165, 1.54) is 6.20 Å². The Bertz CT molecular complexity index is 636. The van der Waals surface area contributed by atoms with Crippen LogP contribution in [0.4, 0.5) is 4.39 Å². The molecule has 0 atom stereocenters. The van der Waals surface area contributed by atoms with Crippen LogP contribution in [0.3, 0.4) is 0 Å². The van der Waals surface area contributed by atoms with E-state index in [1.807, 2.05) is 0 Å². The Hall–Kier alpha value is -2.24. The number of fused-ring (bicyclic) bond motifs is 1. The van der Waals surface area contributed by atoms with Gasteiger partial charge in [-0.2, -0.15) is 0 Å². The number of ether oxygens (including phenoxy) is 1. The predicted octanol–water partition coefficient (Wildman–Crippen LogP) is 1.24. The lowest BCUT2D eigenvalue weighted by atomic mass is 10.2. The van der Waals surface area contributed by atoms with Gasteiger partial charge in [0.05, 0.1) is 12.0 Å². The average Bonchev–Trinajstić information content (AvgIpc) is 2.29. The molecule has 0 saturated heterocycles. The standard InChI is InChI=1S/C11H9FN2O3/c1-2-17-11(16)7-5-6-8(12)3-4-13-9(6)14-10(7)15/h3-5H,2H2,1H3,(H,13,14,15). The van der Waals surface area contributed by atoms with Crippen LogP contribution in [0, 0.1) is 5.82 Å². The van der Waals surface area contributed by atoms with E-state index in [0.29, 0.717) is 0 Å². The molecule has 0 aliphatic heterocycles. The largest absolute Gasteiger partial charge is 0.462 e. The fourth-order valence-corrected chi connectivity index (χ4v) is 1.43. The maximum atomic E-state index is 13.4. The molecular formula is C11H9FN2O3. The summed E-state index contributed by atoms with van der Waals surface area (Å²) in [6, 6.07) is 2.30. The van der Waals surface area contributed by atoms with E-state index >= 15 is 0 Å². The number of carbonyl (C=O) groups excluding carboxylic acids is 1. The van der Waals surface area contributed by atoms with Crippen molar-refractivity contribution in [3.05, 3.63) is 40.1 Å². The van der Waals surface area contributed by atoms with Crippen molar-refractivity contribution in [2.24, 2.45) is 0 Å². The highest BCUT2D eigenvalue weighted by Gasteiger charge is 2.14. The van der Waals surface area contributed by atoms with Crippen molar-refractivity contribution in [3.63, 3.8) is 0 Å². The number of nitrogens with one attached hydrogen (secondary N) is 1. The van der Waals surface area contributed by atoms with Crippen LogP contribution < -0.4 is 5.56 Å². The first kappa shape index (κ1) is 11.3. The van der Waals surface area contributed by atoms with Gasteiger partial charge in [0.1, 0.15) is 17.0 Å². The molecule has 17 heavy (non-hydrogen) atoms. The molecule has 0 aromatic carbocycles. The quantitative estimate of drug-likeness (QED) is 0.796. The van der Waals surface area contributed by atoms with Crippen molar-refractivity contribution in [3.8, 4) is 0 Å². The molecule has 0 saturated carbocycles. The van der Waals surface area contributed by atoms with Crippen molar-refractivity contribution < 1.29 is 13.9 Å². The Morgan fingerprint density at radius 2 is 2.35 bits per heavy atom. The van der Waals surface area contributed by atoms with Crippen LogP contribution in [0.2, 0.25) is 0 Å². The van der Waals surface area contributed by atoms with Gasteiger partial charge in [-0.3, -0.25) is 4.79 Å². The molecule has 2 heterocycles. The summed E-state index contributed by atoms with van der Waals surface area (Å²) in [5.74, 6) is -1.34. The minimum Gasteiger partial charge on any atom is -0.462 e. The highest BCUT2D eigenvalue weighted by molar-refractivity contribution is 5.92. The number of pyridine rings is 2. The average molecular weight is 236 g/mol. The zero-order valence-corrected chi connectivity index (χ0v) is 8.99. The van der Waals surface area contributed by atoms with Crippen LogP contribution in [0.25, 0.3) is 11.0 Å². The van der Waals surface area contributed by atoms with E-state index in [-0.39, 0.29) is 23.2 Å². The van der Waals surface area contributed by atoms with Crippen molar-refractivity contribution in [1.82, 2.24) is 9.97 Å². The summed E-state index contributed by atoms with van der Waals surface area (Å²) in [5.41, 5.74) is -0.775. The zero-order valence-electron chi connectivity index (χ0n) is 8.99. The summed E-state index contributed by atoms with van der Waals surface area (Å²) in [6.45, 7) is 1.76. The maximum Gasteiger partial charge on any atom is 0.343 e. The fraction of sp³-hybridized carbons (Fsp3) is 0.182. The molecule has 0 aliphatic rings. The van der Waals surface area contributed by atoms with Gasteiger partial charge in [-0.25, -0.2) is 14.2 Å². The first-order valence-electron chi connectivity index (χ1n) is 4.98. The van der Waals surface area contributed by atoms with Crippen molar-refractivity contribution in [2.45, 2.75) is 6.92 Å². The second-order valence-electron chi connectivity index (χ2n) is 3.29. The lowest BCUT2D eigenvalue weighted by Gasteiger charge is -2.03. The molecule has 0 fully saturated rings. The van der Waals surface area contributed by atoms with Gasteiger partial charge in [-0.05, 0) is 19.1 Å². The molecule has 0 spiro atoms.